The number of aromatic amines is 1. The summed E-state index contributed by atoms with van der Waals surface area (Å²) in [5.41, 5.74) is 0. The van der Waals surface area contributed by atoms with Crippen LogP contribution in [-0.4, -0.2) is 28.6 Å². The first-order valence-electron chi connectivity index (χ1n) is 4.69. The molecule has 0 aromatic carbocycles. The van der Waals surface area contributed by atoms with E-state index in [-0.39, 0.29) is 17.9 Å². The Bertz CT molecular complexity index is 310. The van der Waals surface area contributed by atoms with E-state index < -0.39 is 0 Å². The summed E-state index contributed by atoms with van der Waals surface area (Å²) in [6, 6.07) is 0. The van der Waals surface area contributed by atoms with Gasteiger partial charge in [0.1, 0.15) is 0 Å². The van der Waals surface area contributed by atoms with Crippen LogP contribution in [0.3, 0.4) is 0 Å². The lowest BCUT2D eigenvalue weighted by Crippen LogP contribution is -2.28. The third-order valence-corrected chi connectivity index (χ3v) is 2.45. The van der Waals surface area contributed by atoms with Gasteiger partial charge in [0, 0.05) is 19.0 Å². The number of imidazole rings is 1. The molecule has 5 heteroatoms. The summed E-state index contributed by atoms with van der Waals surface area (Å²) >= 11 is 0. The number of carbonyl (C=O) groups is 1. The van der Waals surface area contributed by atoms with E-state index in [0.29, 0.717) is 12.6 Å². The van der Waals surface area contributed by atoms with Crippen molar-refractivity contribution >= 4 is 11.9 Å². The van der Waals surface area contributed by atoms with E-state index in [1.54, 1.807) is 12.4 Å². The lowest BCUT2D eigenvalue weighted by molar-refractivity contribution is -0.121. The number of amides is 1. The maximum atomic E-state index is 11.7. The minimum Gasteiger partial charge on any atom is -0.378 e. The number of nitrogens with zero attached hydrogens (tertiary/aromatic N) is 1. The molecule has 1 fully saturated rings. The molecule has 1 saturated heterocycles. The Morgan fingerprint density at radius 1 is 1.79 bits per heavy atom. The van der Waals surface area contributed by atoms with Gasteiger partial charge in [-0.1, -0.05) is 0 Å². The molecule has 2 rings (SSSR count). The van der Waals surface area contributed by atoms with Gasteiger partial charge in [-0.15, -0.1) is 0 Å². The molecule has 2 atom stereocenters. The maximum absolute atomic E-state index is 11.7. The Hall–Kier alpha value is -1.36. The summed E-state index contributed by atoms with van der Waals surface area (Å²) in [7, 11) is 0. The molecule has 0 aliphatic carbocycles. The molecule has 1 aliphatic heterocycles. The second-order valence-corrected chi connectivity index (χ2v) is 3.40. The lowest BCUT2D eigenvalue weighted by atomic mass is 10.0. The van der Waals surface area contributed by atoms with Crippen molar-refractivity contribution in [1.82, 2.24) is 9.97 Å². The minimum atomic E-state index is -0.0555. The Kier molecular flexibility index (Phi) is 2.49. The van der Waals surface area contributed by atoms with E-state index in [1.807, 2.05) is 6.92 Å². The fraction of sp³-hybridized carbons (Fsp3) is 0.556. The smallest absolute Gasteiger partial charge is 0.232 e. The Morgan fingerprint density at radius 2 is 2.64 bits per heavy atom. The molecule has 2 unspecified atom stereocenters. The second-order valence-electron chi connectivity index (χ2n) is 3.40. The Labute approximate surface area is 81.9 Å². The first-order valence-corrected chi connectivity index (χ1v) is 4.69. The fourth-order valence-electron chi connectivity index (χ4n) is 1.62. The quantitative estimate of drug-likeness (QED) is 0.732. The van der Waals surface area contributed by atoms with Crippen LogP contribution in [0.5, 0.6) is 0 Å². The maximum Gasteiger partial charge on any atom is 0.232 e. The zero-order valence-electron chi connectivity index (χ0n) is 7.99. The first kappa shape index (κ1) is 9.21. The predicted molar refractivity (Wildman–Crippen MR) is 50.7 cm³/mol. The number of H-pyrrole nitrogens is 1. The molecule has 1 amide bonds. The largest absolute Gasteiger partial charge is 0.378 e. The fourth-order valence-corrected chi connectivity index (χ4v) is 1.62. The molecular formula is C9H13N3O2. The van der Waals surface area contributed by atoms with Crippen molar-refractivity contribution < 1.29 is 9.53 Å². The topological polar surface area (TPSA) is 67.0 Å². The number of anilines is 1. The van der Waals surface area contributed by atoms with Gasteiger partial charge in [-0.3, -0.25) is 10.1 Å². The summed E-state index contributed by atoms with van der Waals surface area (Å²) in [5.74, 6) is 0.416. The van der Waals surface area contributed by atoms with E-state index in [0.717, 1.165) is 6.42 Å². The average molecular weight is 195 g/mol. The van der Waals surface area contributed by atoms with E-state index in [1.165, 1.54) is 0 Å². The summed E-state index contributed by atoms with van der Waals surface area (Å²) in [6.45, 7) is 2.58. The van der Waals surface area contributed by atoms with Crippen LogP contribution in [0.1, 0.15) is 13.3 Å². The third-order valence-electron chi connectivity index (χ3n) is 2.45. The van der Waals surface area contributed by atoms with Crippen molar-refractivity contribution in [2.24, 2.45) is 5.92 Å². The van der Waals surface area contributed by atoms with Gasteiger partial charge in [0.2, 0.25) is 11.9 Å². The van der Waals surface area contributed by atoms with Gasteiger partial charge in [-0.05, 0) is 13.3 Å². The Balaban J connectivity index is 1.95. The normalized spacial score (nSPS) is 26.4. The highest BCUT2D eigenvalue weighted by Crippen LogP contribution is 2.21. The van der Waals surface area contributed by atoms with Crippen molar-refractivity contribution in [1.29, 1.82) is 0 Å². The number of hydrogen-bond donors (Lipinski definition) is 2. The number of aromatic nitrogens is 2. The first-order chi connectivity index (χ1) is 6.77. The van der Waals surface area contributed by atoms with Crippen LogP contribution in [0.4, 0.5) is 5.95 Å². The Morgan fingerprint density at radius 3 is 3.21 bits per heavy atom. The minimum absolute atomic E-state index is 0.00459. The van der Waals surface area contributed by atoms with Crippen LogP contribution in [0.2, 0.25) is 0 Å². The second kappa shape index (κ2) is 3.79. The van der Waals surface area contributed by atoms with Crippen molar-refractivity contribution in [2.45, 2.75) is 19.4 Å². The molecule has 0 bridgehead atoms. The van der Waals surface area contributed by atoms with Crippen molar-refractivity contribution in [2.75, 3.05) is 11.9 Å². The molecule has 0 spiro atoms. The average Bonchev–Trinajstić information content (AvgIpc) is 2.75. The highest BCUT2D eigenvalue weighted by molar-refractivity contribution is 5.91. The molecule has 76 valence electrons. The number of rotatable bonds is 2. The molecular weight excluding hydrogens is 182 g/mol. The van der Waals surface area contributed by atoms with Crippen LogP contribution < -0.4 is 5.32 Å². The number of hydrogen-bond acceptors (Lipinski definition) is 3. The summed E-state index contributed by atoms with van der Waals surface area (Å²) in [4.78, 5) is 18.4. The number of ether oxygens (including phenoxy) is 1. The van der Waals surface area contributed by atoms with Crippen molar-refractivity contribution in [3.63, 3.8) is 0 Å². The van der Waals surface area contributed by atoms with Crippen LogP contribution in [0, 0.1) is 5.92 Å². The molecule has 14 heavy (non-hydrogen) atoms. The molecule has 1 aromatic rings. The van der Waals surface area contributed by atoms with Gasteiger partial charge in [-0.2, -0.15) is 0 Å². The van der Waals surface area contributed by atoms with Crippen LogP contribution in [0.25, 0.3) is 0 Å². The third kappa shape index (κ3) is 1.77. The van der Waals surface area contributed by atoms with Crippen LogP contribution in [-0.2, 0) is 9.53 Å². The standard InChI is InChI=1S/C9H13N3O2/c1-6-7(2-5-14-6)8(13)12-9-10-3-4-11-9/h3-4,6-7H,2,5H2,1H3,(H2,10,11,12,13). The summed E-state index contributed by atoms with van der Waals surface area (Å²) in [5, 5.41) is 2.71. The van der Waals surface area contributed by atoms with Crippen molar-refractivity contribution in [3.8, 4) is 0 Å². The van der Waals surface area contributed by atoms with E-state index in [2.05, 4.69) is 15.3 Å². The molecule has 0 saturated carbocycles. The number of nitrogens with one attached hydrogen (secondary N) is 2. The summed E-state index contributed by atoms with van der Waals surface area (Å²) in [6.07, 6.45) is 4.06. The van der Waals surface area contributed by atoms with Gasteiger partial charge in [0.25, 0.3) is 0 Å². The molecule has 1 aliphatic rings. The molecule has 5 nitrogen and oxygen atoms in total. The van der Waals surface area contributed by atoms with Gasteiger partial charge < -0.3 is 9.72 Å². The monoisotopic (exact) mass is 195 g/mol. The van der Waals surface area contributed by atoms with E-state index in [9.17, 15) is 4.79 Å². The van der Waals surface area contributed by atoms with Crippen LogP contribution >= 0.6 is 0 Å². The van der Waals surface area contributed by atoms with E-state index >= 15 is 0 Å². The highest BCUT2D eigenvalue weighted by Gasteiger charge is 2.30. The zero-order chi connectivity index (χ0) is 9.97. The lowest BCUT2D eigenvalue weighted by Gasteiger charge is -2.12. The summed E-state index contributed by atoms with van der Waals surface area (Å²) < 4.78 is 5.31. The molecule has 2 heterocycles. The van der Waals surface area contributed by atoms with Gasteiger partial charge in [-0.25, -0.2) is 4.98 Å². The molecule has 0 radical (unpaired) electrons. The van der Waals surface area contributed by atoms with Gasteiger partial charge in [0.15, 0.2) is 0 Å². The predicted octanol–water partition coefficient (Wildman–Crippen LogP) is 0.773. The van der Waals surface area contributed by atoms with Crippen molar-refractivity contribution in [3.05, 3.63) is 12.4 Å². The van der Waals surface area contributed by atoms with Gasteiger partial charge in [0.05, 0.1) is 12.0 Å². The number of carbonyl (C=O) groups excluding carboxylic acids is 1. The molecule has 2 N–H and O–H groups in total. The van der Waals surface area contributed by atoms with Crippen LogP contribution in [0.15, 0.2) is 12.4 Å². The van der Waals surface area contributed by atoms with E-state index in [4.69, 9.17) is 4.74 Å². The van der Waals surface area contributed by atoms with Gasteiger partial charge >= 0.3 is 0 Å². The highest BCUT2D eigenvalue weighted by atomic mass is 16.5. The SMILES string of the molecule is CC1OCCC1C(=O)Nc1ncc[nH]1. The molecule has 1 aromatic heterocycles. The zero-order valence-corrected chi connectivity index (χ0v) is 7.99.